The Morgan fingerprint density at radius 3 is 2.51 bits per heavy atom. The molecule has 1 N–H and O–H groups in total. The van der Waals surface area contributed by atoms with E-state index in [-0.39, 0.29) is 30.7 Å². The first-order valence-corrected chi connectivity index (χ1v) is 12.3. The molecule has 1 atom stereocenters. The lowest BCUT2D eigenvalue weighted by Gasteiger charge is -2.34. The number of anilines is 1. The lowest BCUT2D eigenvalue weighted by atomic mass is 9.85. The number of imide groups is 1. The summed E-state index contributed by atoms with van der Waals surface area (Å²) >= 11 is 0. The van der Waals surface area contributed by atoms with Gasteiger partial charge in [-0.2, -0.15) is 0 Å². The van der Waals surface area contributed by atoms with Crippen LogP contribution < -0.4 is 10.2 Å². The van der Waals surface area contributed by atoms with Crippen molar-refractivity contribution in [2.24, 2.45) is 0 Å². The van der Waals surface area contributed by atoms with E-state index in [2.05, 4.69) is 53.5 Å². The number of hydrogen-bond acceptors (Lipinski definition) is 5. The van der Waals surface area contributed by atoms with Crippen LogP contribution in [-0.2, 0) is 22.7 Å². The molecule has 3 aliphatic rings. The number of nitrogens with one attached hydrogen (secondary N) is 1. The van der Waals surface area contributed by atoms with Crippen molar-refractivity contribution in [2.45, 2.75) is 50.7 Å². The average Bonchev–Trinajstić information content (AvgIpc) is 3.15. The first-order chi connectivity index (χ1) is 16.8. The van der Waals surface area contributed by atoms with Crippen LogP contribution in [0.4, 0.5) is 10.1 Å². The molecule has 3 heterocycles. The first-order valence-electron chi connectivity index (χ1n) is 12.3. The van der Waals surface area contributed by atoms with Crippen LogP contribution in [0.15, 0.2) is 36.4 Å². The summed E-state index contributed by atoms with van der Waals surface area (Å²) in [4.78, 5) is 43.1. The van der Waals surface area contributed by atoms with Crippen molar-refractivity contribution in [1.29, 1.82) is 0 Å². The molecule has 2 saturated heterocycles. The molecule has 3 aliphatic heterocycles. The van der Waals surface area contributed by atoms with Gasteiger partial charge in [0.05, 0.1) is 0 Å². The summed E-state index contributed by atoms with van der Waals surface area (Å²) < 4.78 is 14.6. The molecule has 184 valence electrons. The lowest BCUT2D eigenvalue weighted by molar-refractivity contribution is -0.136. The van der Waals surface area contributed by atoms with Crippen LogP contribution in [-0.4, -0.2) is 60.7 Å². The van der Waals surface area contributed by atoms with E-state index in [1.54, 1.807) is 6.07 Å². The zero-order valence-corrected chi connectivity index (χ0v) is 20.2. The van der Waals surface area contributed by atoms with Gasteiger partial charge in [-0.1, -0.05) is 18.2 Å². The van der Waals surface area contributed by atoms with Crippen LogP contribution in [0, 0.1) is 5.82 Å². The second-order valence-corrected chi connectivity index (χ2v) is 9.99. The van der Waals surface area contributed by atoms with Gasteiger partial charge in [0.1, 0.15) is 11.9 Å². The number of carbonyl (C=O) groups is 3. The number of rotatable bonds is 5. The third-order valence-electron chi connectivity index (χ3n) is 7.55. The molecule has 0 bridgehead atoms. The molecule has 3 amide bonds. The summed E-state index contributed by atoms with van der Waals surface area (Å²) in [5, 5.41) is 2.32. The number of para-hydroxylation sites is 1. The average molecular weight is 479 g/mol. The van der Waals surface area contributed by atoms with Gasteiger partial charge in [0.25, 0.3) is 5.91 Å². The predicted molar refractivity (Wildman–Crippen MR) is 130 cm³/mol. The van der Waals surface area contributed by atoms with Crippen LogP contribution >= 0.6 is 0 Å². The largest absolute Gasteiger partial charge is 0.377 e. The number of nitrogens with zero attached hydrogens (tertiary/aromatic N) is 3. The minimum absolute atomic E-state index is 0.161. The van der Waals surface area contributed by atoms with Crippen LogP contribution in [0.2, 0.25) is 0 Å². The quantitative estimate of drug-likeness (QED) is 0.669. The highest BCUT2D eigenvalue weighted by Gasteiger charge is 2.41. The Labute approximate surface area is 204 Å². The van der Waals surface area contributed by atoms with Crippen molar-refractivity contribution in [3.63, 3.8) is 0 Å². The molecular weight excluding hydrogens is 447 g/mol. The number of benzene rings is 2. The van der Waals surface area contributed by atoms with Gasteiger partial charge in [-0.15, -0.1) is 0 Å². The van der Waals surface area contributed by atoms with Gasteiger partial charge in [0.2, 0.25) is 11.8 Å². The highest BCUT2D eigenvalue weighted by Crippen LogP contribution is 2.38. The molecule has 7 nitrogen and oxygen atoms in total. The predicted octanol–water partition coefficient (Wildman–Crippen LogP) is 3.03. The zero-order chi connectivity index (χ0) is 24.7. The van der Waals surface area contributed by atoms with E-state index < -0.39 is 17.8 Å². The third-order valence-corrected chi connectivity index (χ3v) is 7.55. The molecule has 0 aromatic heterocycles. The fraction of sp³-hybridized carbons (Fsp3) is 0.444. The van der Waals surface area contributed by atoms with Crippen LogP contribution in [0.1, 0.15) is 58.6 Å². The second-order valence-electron chi connectivity index (χ2n) is 9.99. The highest BCUT2D eigenvalue weighted by molar-refractivity contribution is 6.05. The third kappa shape index (κ3) is 4.55. The Morgan fingerprint density at radius 1 is 1.06 bits per heavy atom. The Bertz CT molecular complexity index is 1170. The highest BCUT2D eigenvalue weighted by atomic mass is 19.1. The number of fused-ring (bicyclic) bond motifs is 1. The molecule has 5 rings (SSSR count). The fourth-order valence-electron chi connectivity index (χ4n) is 5.74. The van der Waals surface area contributed by atoms with Gasteiger partial charge in [-0.3, -0.25) is 24.6 Å². The molecule has 0 spiro atoms. The van der Waals surface area contributed by atoms with Gasteiger partial charge in [0, 0.05) is 44.9 Å². The number of hydrogen-bond donors (Lipinski definition) is 1. The maximum Gasteiger partial charge on any atom is 0.255 e. The summed E-state index contributed by atoms with van der Waals surface area (Å²) in [7, 11) is 4.10. The van der Waals surface area contributed by atoms with Gasteiger partial charge in [-0.25, -0.2) is 4.39 Å². The SMILES string of the molecule is CN(C)c1ccccc1CN1CCC(c2cc(F)cc3c2CN(C2CCC(=O)NC2=O)C3=O)CC1. The maximum absolute atomic E-state index is 14.6. The van der Waals surface area contributed by atoms with Crippen molar-refractivity contribution in [2.75, 3.05) is 32.1 Å². The summed E-state index contributed by atoms with van der Waals surface area (Å²) in [6.45, 7) is 2.93. The topological polar surface area (TPSA) is 73.0 Å². The summed E-state index contributed by atoms with van der Waals surface area (Å²) in [6, 6.07) is 10.6. The van der Waals surface area contributed by atoms with Crippen LogP contribution in [0.5, 0.6) is 0 Å². The Kier molecular flexibility index (Phi) is 6.32. The Hall–Kier alpha value is -3.26. The van der Waals surface area contributed by atoms with E-state index in [1.807, 2.05) is 0 Å². The molecule has 0 aliphatic carbocycles. The molecule has 2 aromatic carbocycles. The van der Waals surface area contributed by atoms with E-state index in [0.717, 1.165) is 43.6 Å². The summed E-state index contributed by atoms with van der Waals surface area (Å²) in [6.07, 6.45) is 2.27. The van der Waals surface area contributed by atoms with Crippen LogP contribution in [0.3, 0.4) is 0 Å². The van der Waals surface area contributed by atoms with Crippen molar-refractivity contribution in [3.8, 4) is 0 Å². The normalized spacial score (nSPS) is 21.3. The van der Waals surface area contributed by atoms with E-state index in [4.69, 9.17) is 0 Å². The lowest BCUT2D eigenvalue weighted by Crippen LogP contribution is -2.52. The number of halogens is 1. The minimum Gasteiger partial charge on any atom is -0.377 e. The molecule has 1 unspecified atom stereocenters. The molecule has 8 heteroatoms. The van der Waals surface area contributed by atoms with E-state index >= 15 is 0 Å². The molecule has 0 radical (unpaired) electrons. The van der Waals surface area contributed by atoms with E-state index in [1.165, 1.54) is 22.2 Å². The van der Waals surface area contributed by atoms with Crippen molar-refractivity contribution < 1.29 is 18.8 Å². The summed E-state index contributed by atoms with van der Waals surface area (Å²) in [5.41, 5.74) is 4.57. The smallest absolute Gasteiger partial charge is 0.255 e. The van der Waals surface area contributed by atoms with Crippen LogP contribution in [0.25, 0.3) is 0 Å². The zero-order valence-electron chi connectivity index (χ0n) is 20.2. The number of carbonyl (C=O) groups excluding carboxylic acids is 3. The number of likely N-dealkylation sites (tertiary alicyclic amines) is 1. The van der Waals surface area contributed by atoms with E-state index in [0.29, 0.717) is 12.0 Å². The first kappa shape index (κ1) is 23.5. The Morgan fingerprint density at radius 2 is 1.80 bits per heavy atom. The van der Waals surface area contributed by atoms with Crippen molar-refractivity contribution in [3.05, 3.63) is 64.5 Å². The fourth-order valence-corrected chi connectivity index (χ4v) is 5.74. The molecular formula is C27H31FN4O3. The minimum atomic E-state index is -0.692. The monoisotopic (exact) mass is 478 g/mol. The molecule has 0 saturated carbocycles. The van der Waals surface area contributed by atoms with Gasteiger partial charge in [-0.05, 0) is 73.2 Å². The molecule has 35 heavy (non-hydrogen) atoms. The van der Waals surface area contributed by atoms with Gasteiger partial charge < -0.3 is 9.80 Å². The summed E-state index contributed by atoms with van der Waals surface area (Å²) in [5.74, 6) is -1.35. The van der Waals surface area contributed by atoms with Gasteiger partial charge in [0.15, 0.2) is 0 Å². The number of amides is 3. The van der Waals surface area contributed by atoms with E-state index in [9.17, 15) is 18.8 Å². The van der Waals surface area contributed by atoms with Gasteiger partial charge >= 0.3 is 0 Å². The van der Waals surface area contributed by atoms with Crippen molar-refractivity contribution >= 4 is 23.4 Å². The van der Waals surface area contributed by atoms with Crippen molar-refractivity contribution in [1.82, 2.24) is 15.1 Å². The standard InChI is InChI=1S/C27H31FN4O3/c1-30(2)23-6-4-3-5-18(23)15-31-11-9-17(10-12-31)20-13-19(28)14-21-22(20)16-32(27(21)35)24-7-8-25(33)29-26(24)34/h3-6,13-14,17,24H,7-12,15-16H2,1-2H3,(H,29,33,34). The Balaban J connectivity index is 1.31. The molecule has 2 aromatic rings. The maximum atomic E-state index is 14.6. The molecule has 2 fully saturated rings. The number of piperidine rings is 2. The second kappa shape index (κ2) is 9.41.